The van der Waals surface area contributed by atoms with Crippen LogP contribution in [0.4, 0.5) is 14.5 Å². The zero-order valence-electron chi connectivity index (χ0n) is 9.62. The summed E-state index contributed by atoms with van der Waals surface area (Å²) < 4.78 is 26.7. The van der Waals surface area contributed by atoms with Gasteiger partial charge < -0.3 is 15.5 Å². The molecule has 0 fully saturated rings. The van der Waals surface area contributed by atoms with Crippen molar-refractivity contribution in [2.75, 3.05) is 5.32 Å². The van der Waals surface area contributed by atoms with E-state index in [0.717, 1.165) is 12.1 Å². The van der Waals surface area contributed by atoms with E-state index < -0.39 is 11.6 Å². The lowest BCUT2D eigenvalue weighted by molar-refractivity contribution is 0.400. The molecule has 2 rings (SSSR count). The Hall–Kier alpha value is -1.82. The smallest absolute Gasteiger partial charge is 0.162 e. The number of hydrogen-bond acceptors (Lipinski definition) is 3. The summed E-state index contributed by atoms with van der Waals surface area (Å²) in [6.45, 7) is 0.0847. The quantitative estimate of drug-likeness (QED) is 0.752. The summed E-state index contributed by atoms with van der Waals surface area (Å²) in [5.74, 6) is -1.95. The van der Waals surface area contributed by atoms with Gasteiger partial charge in [0.2, 0.25) is 0 Å². The fourth-order valence-corrected chi connectivity index (χ4v) is 2.16. The maximum absolute atomic E-state index is 13.5. The average Bonchev–Trinajstić information content (AvgIpc) is 2.33. The third kappa shape index (κ3) is 2.96. The first-order valence-corrected chi connectivity index (χ1v) is 6.16. The Morgan fingerprint density at radius 3 is 2.58 bits per heavy atom. The van der Waals surface area contributed by atoms with Crippen molar-refractivity contribution in [3.63, 3.8) is 0 Å². The molecule has 3 N–H and O–H groups in total. The van der Waals surface area contributed by atoms with Crippen LogP contribution >= 0.6 is 15.9 Å². The highest BCUT2D eigenvalue weighted by molar-refractivity contribution is 9.10. The Morgan fingerprint density at radius 2 is 1.89 bits per heavy atom. The molecule has 3 nitrogen and oxygen atoms in total. The number of phenols is 2. The van der Waals surface area contributed by atoms with E-state index >= 15 is 0 Å². The van der Waals surface area contributed by atoms with Crippen LogP contribution in [0.15, 0.2) is 34.8 Å². The van der Waals surface area contributed by atoms with Crippen molar-refractivity contribution in [3.8, 4) is 11.5 Å². The van der Waals surface area contributed by atoms with Gasteiger partial charge >= 0.3 is 0 Å². The van der Waals surface area contributed by atoms with E-state index in [9.17, 15) is 19.0 Å². The van der Waals surface area contributed by atoms with Crippen molar-refractivity contribution in [1.29, 1.82) is 0 Å². The van der Waals surface area contributed by atoms with E-state index in [0.29, 0.717) is 5.56 Å². The first-order chi connectivity index (χ1) is 8.99. The molecule has 0 aromatic heterocycles. The molecule has 19 heavy (non-hydrogen) atoms. The maximum atomic E-state index is 13.5. The van der Waals surface area contributed by atoms with E-state index in [1.807, 2.05) is 0 Å². The molecule has 0 aliphatic carbocycles. The molecular formula is C13H10BrF2NO2. The summed E-state index contributed by atoms with van der Waals surface area (Å²) in [5, 5.41) is 21.7. The van der Waals surface area contributed by atoms with Crippen molar-refractivity contribution in [1.82, 2.24) is 0 Å². The number of anilines is 1. The largest absolute Gasteiger partial charge is 0.504 e. The fourth-order valence-electron chi connectivity index (χ4n) is 1.62. The molecule has 6 heteroatoms. The lowest BCUT2D eigenvalue weighted by Crippen LogP contribution is -2.03. The van der Waals surface area contributed by atoms with E-state index in [-0.39, 0.29) is 28.2 Å². The summed E-state index contributed by atoms with van der Waals surface area (Å²) in [6.07, 6.45) is 0. The Bertz CT molecular complexity index is 597. The van der Waals surface area contributed by atoms with Gasteiger partial charge in [-0.05, 0) is 28.1 Å². The molecule has 0 unspecified atom stereocenters. The molecule has 0 aliphatic rings. The van der Waals surface area contributed by atoms with Gasteiger partial charge in [0.15, 0.2) is 11.5 Å². The Morgan fingerprint density at radius 1 is 1.16 bits per heavy atom. The second kappa shape index (κ2) is 5.44. The van der Waals surface area contributed by atoms with Crippen molar-refractivity contribution >= 4 is 21.6 Å². The van der Waals surface area contributed by atoms with Crippen LogP contribution in [0.5, 0.6) is 11.5 Å². The molecule has 0 aliphatic heterocycles. The summed E-state index contributed by atoms with van der Waals surface area (Å²) >= 11 is 3.05. The summed E-state index contributed by atoms with van der Waals surface area (Å²) in [5.41, 5.74) is 0.486. The van der Waals surface area contributed by atoms with Crippen LogP contribution < -0.4 is 5.32 Å². The zero-order valence-corrected chi connectivity index (χ0v) is 11.2. The lowest BCUT2D eigenvalue weighted by Gasteiger charge is -2.11. The first kappa shape index (κ1) is 13.6. The van der Waals surface area contributed by atoms with Gasteiger partial charge in [-0.25, -0.2) is 8.78 Å². The normalized spacial score (nSPS) is 10.5. The molecule has 0 bridgehead atoms. The van der Waals surface area contributed by atoms with Gasteiger partial charge in [-0.1, -0.05) is 12.1 Å². The molecule has 0 spiro atoms. The number of phenolic OH excluding ortho intramolecular Hbond substituents is 2. The minimum Gasteiger partial charge on any atom is -0.504 e. The van der Waals surface area contributed by atoms with Crippen LogP contribution in [-0.4, -0.2) is 10.2 Å². The average molecular weight is 330 g/mol. The summed E-state index contributed by atoms with van der Waals surface area (Å²) in [4.78, 5) is 0. The fraction of sp³-hybridized carbons (Fsp3) is 0.0769. The van der Waals surface area contributed by atoms with E-state index in [4.69, 9.17) is 0 Å². The van der Waals surface area contributed by atoms with Crippen molar-refractivity contribution in [2.45, 2.75) is 6.54 Å². The molecule has 0 radical (unpaired) electrons. The first-order valence-electron chi connectivity index (χ1n) is 5.37. The number of nitrogens with one attached hydrogen (secondary N) is 1. The van der Waals surface area contributed by atoms with Crippen LogP contribution in [-0.2, 0) is 6.54 Å². The molecule has 0 saturated carbocycles. The Kier molecular flexibility index (Phi) is 3.90. The van der Waals surface area contributed by atoms with Crippen molar-refractivity contribution in [3.05, 3.63) is 52.0 Å². The number of para-hydroxylation sites is 1. The van der Waals surface area contributed by atoms with Crippen LogP contribution in [0.2, 0.25) is 0 Å². The van der Waals surface area contributed by atoms with Crippen LogP contribution in [0, 0.1) is 11.6 Å². The molecule has 100 valence electrons. The van der Waals surface area contributed by atoms with Gasteiger partial charge in [0.1, 0.15) is 11.6 Å². The van der Waals surface area contributed by atoms with E-state index in [1.165, 1.54) is 6.07 Å². The van der Waals surface area contributed by atoms with Crippen LogP contribution in [0.1, 0.15) is 5.56 Å². The molecule has 2 aromatic rings. The topological polar surface area (TPSA) is 52.5 Å². The van der Waals surface area contributed by atoms with Crippen LogP contribution in [0.25, 0.3) is 0 Å². The standard InChI is InChI=1S/C13H10BrF2NO2/c14-9-4-8(15)5-10(16)12(9)17-6-7-2-1-3-11(18)13(7)19/h1-5,17-19H,6H2. The van der Waals surface area contributed by atoms with Gasteiger partial charge in [-0.3, -0.25) is 0 Å². The SMILES string of the molecule is Oc1cccc(CNc2c(F)cc(F)cc2Br)c1O. The highest BCUT2D eigenvalue weighted by Gasteiger charge is 2.11. The van der Waals surface area contributed by atoms with Gasteiger partial charge in [0, 0.05) is 22.6 Å². The maximum Gasteiger partial charge on any atom is 0.162 e. The molecule has 0 heterocycles. The van der Waals surface area contributed by atoms with Crippen molar-refractivity contribution < 1.29 is 19.0 Å². The number of rotatable bonds is 3. The number of hydrogen-bond donors (Lipinski definition) is 3. The predicted octanol–water partition coefficient (Wildman–Crippen LogP) is 3.75. The minimum atomic E-state index is -0.744. The lowest BCUT2D eigenvalue weighted by atomic mass is 10.2. The third-order valence-corrected chi connectivity index (χ3v) is 3.19. The Labute approximate surface area is 116 Å². The molecule has 0 amide bonds. The second-order valence-electron chi connectivity index (χ2n) is 3.88. The molecular weight excluding hydrogens is 320 g/mol. The van der Waals surface area contributed by atoms with Gasteiger partial charge in [0.05, 0.1) is 5.69 Å². The highest BCUT2D eigenvalue weighted by Crippen LogP contribution is 2.31. The predicted molar refractivity (Wildman–Crippen MR) is 71.2 cm³/mol. The second-order valence-corrected chi connectivity index (χ2v) is 4.74. The third-order valence-electron chi connectivity index (χ3n) is 2.56. The van der Waals surface area contributed by atoms with E-state index in [1.54, 1.807) is 12.1 Å². The van der Waals surface area contributed by atoms with Gasteiger partial charge in [-0.2, -0.15) is 0 Å². The van der Waals surface area contributed by atoms with E-state index in [2.05, 4.69) is 21.2 Å². The van der Waals surface area contributed by atoms with Crippen molar-refractivity contribution in [2.24, 2.45) is 0 Å². The summed E-state index contributed by atoms with van der Waals surface area (Å²) in [6, 6.07) is 6.37. The monoisotopic (exact) mass is 329 g/mol. The van der Waals surface area contributed by atoms with Crippen LogP contribution in [0.3, 0.4) is 0 Å². The number of halogens is 3. The Balaban J connectivity index is 2.22. The molecule has 0 saturated heterocycles. The number of benzene rings is 2. The minimum absolute atomic E-state index is 0.0847. The number of aromatic hydroxyl groups is 2. The van der Waals surface area contributed by atoms with Gasteiger partial charge in [-0.15, -0.1) is 0 Å². The zero-order chi connectivity index (χ0) is 14.0. The highest BCUT2D eigenvalue weighted by atomic mass is 79.9. The molecule has 0 atom stereocenters. The van der Waals surface area contributed by atoms with Gasteiger partial charge in [0.25, 0.3) is 0 Å². The summed E-state index contributed by atoms with van der Waals surface area (Å²) in [7, 11) is 0. The molecule has 2 aromatic carbocycles.